The molecule has 0 amide bonds. The quantitative estimate of drug-likeness (QED) is 0.847. The van der Waals surface area contributed by atoms with E-state index in [2.05, 4.69) is 45.3 Å². The number of H-pyrrole nitrogens is 1. The smallest absolute Gasteiger partial charge is 0.225 e. The Hall–Kier alpha value is -0.880. The van der Waals surface area contributed by atoms with Crippen LogP contribution in [0.3, 0.4) is 0 Å². The molecule has 0 aliphatic carbocycles. The second kappa shape index (κ2) is 5.84. The van der Waals surface area contributed by atoms with E-state index < -0.39 is 0 Å². The summed E-state index contributed by atoms with van der Waals surface area (Å²) in [6, 6.07) is 0.680. The Morgan fingerprint density at radius 3 is 2.50 bits per heavy atom. The van der Waals surface area contributed by atoms with E-state index in [-0.39, 0.29) is 0 Å². The fourth-order valence-electron chi connectivity index (χ4n) is 2.46. The Morgan fingerprint density at radius 1 is 1.28 bits per heavy atom. The predicted molar refractivity (Wildman–Crippen MR) is 76.6 cm³/mol. The zero-order valence-electron chi connectivity index (χ0n) is 11.5. The second-order valence-electron chi connectivity index (χ2n) is 4.85. The minimum absolute atomic E-state index is 0.680. The summed E-state index contributed by atoms with van der Waals surface area (Å²) in [7, 11) is 0. The zero-order valence-corrected chi connectivity index (χ0v) is 12.3. The Bertz CT molecular complexity index is 430. The molecule has 1 saturated heterocycles. The number of aromatic amines is 1. The van der Waals surface area contributed by atoms with Gasteiger partial charge in [0.05, 0.1) is 0 Å². The van der Waals surface area contributed by atoms with Crippen LogP contribution in [0.15, 0.2) is 0 Å². The summed E-state index contributed by atoms with van der Waals surface area (Å²) in [5.74, 6) is 0.992. The standard InChI is InChI=1S/C12H23N5S/c1-4-10(3)15-6-8-16(9-7-15)11-13-14-12(18)17(11)5-2/h10H,4-9H2,1-3H3,(H,14,18). The van der Waals surface area contributed by atoms with Crippen LogP contribution in [-0.2, 0) is 6.54 Å². The zero-order chi connectivity index (χ0) is 13.1. The molecule has 1 aromatic rings. The normalized spacial score (nSPS) is 19.2. The maximum Gasteiger partial charge on any atom is 0.225 e. The van der Waals surface area contributed by atoms with Gasteiger partial charge in [-0.3, -0.25) is 9.47 Å². The lowest BCUT2D eigenvalue weighted by atomic mass is 10.2. The van der Waals surface area contributed by atoms with Crippen molar-refractivity contribution in [3.05, 3.63) is 4.77 Å². The van der Waals surface area contributed by atoms with Crippen LogP contribution in [-0.4, -0.2) is 51.9 Å². The number of rotatable bonds is 4. The molecule has 5 nitrogen and oxygen atoms in total. The van der Waals surface area contributed by atoms with Gasteiger partial charge in [-0.25, -0.2) is 5.10 Å². The van der Waals surface area contributed by atoms with E-state index in [0.29, 0.717) is 6.04 Å². The summed E-state index contributed by atoms with van der Waals surface area (Å²) in [6.45, 7) is 11.8. The van der Waals surface area contributed by atoms with Crippen molar-refractivity contribution in [2.75, 3.05) is 31.1 Å². The molecule has 18 heavy (non-hydrogen) atoms. The summed E-state index contributed by atoms with van der Waals surface area (Å²) < 4.78 is 2.78. The van der Waals surface area contributed by atoms with Crippen molar-refractivity contribution < 1.29 is 0 Å². The first-order valence-corrected chi connectivity index (χ1v) is 7.22. The number of nitrogens with zero attached hydrogens (tertiary/aromatic N) is 4. The van der Waals surface area contributed by atoms with Gasteiger partial charge in [0.1, 0.15) is 0 Å². The van der Waals surface area contributed by atoms with Crippen molar-refractivity contribution in [2.45, 2.75) is 39.8 Å². The van der Waals surface area contributed by atoms with E-state index in [9.17, 15) is 0 Å². The number of piperazine rings is 1. The summed E-state index contributed by atoms with van der Waals surface area (Å²) in [5, 5.41) is 7.24. The molecule has 1 atom stereocenters. The van der Waals surface area contributed by atoms with Crippen LogP contribution in [0.1, 0.15) is 27.2 Å². The molecule has 2 heterocycles. The Labute approximate surface area is 114 Å². The highest BCUT2D eigenvalue weighted by molar-refractivity contribution is 7.71. The molecule has 1 aromatic heterocycles. The summed E-state index contributed by atoms with van der Waals surface area (Å²) in [5.41, 5.74) is 0. The van der Waals surface area contributed by atoms with Crippen LogP contribution in [0.25, 0.3) is 0 Å². The van der Waals surface area contributed by atoms with Gasteiger partial charge >= 0.3 is 0 Å². The van der Waals surface area contributed by atoms with Gasteiger partial charge < -0.3 is 4.90 Å². The van der Waals surface area contributed by atoms with Crippen LogP contribution in [0, 0.1) is 4.77 Å². The van der Waals surface area contributed by atoms with Crippen LogP contribution in [0.4, 0.5) is 5.95 Å². The lowest BCUT2D eigenvalue weighted by Crippen LogP contribution is -2.50. The first-order chi connectivity index (χ1) is 8.67. The largest absolute Gasteiger partial charge is 0.338 e. The molecule has 0 aromatic carbocycles. The fraction of sp³-hybridized carbons (Fsp3) is 0.833. The molecule has 1 fully saturated rings. The number of nitrogens with one attached hydrogen (secondary N) is 1. The third kappa shape index (κ3) is 2.59. The van der Waals surface area contributed by atoms with Crippen molar-refractivity contribution in [2.24, 2.45) is 0 Å². The molecule has 0 radical (unpaired) electrons. The number of hydrogen-bond donors (Lipinski definition) is 1. The van der Waals surface area contributed by atoms with Crippen LogP contribution in [0.2, 0.25) is 0 Å². The summed E-state index contributed by atoms with van der Waals surface area (Å²) in [4.78, 5) is 4.88. The Balaban J connectivity index is 2.03. The fourth-order valence-corrected chi connectivity index (χ4v) is 2.71. The first-order valence-electron chi connectivity index (χ1n) is 6.81. The molecule has 1 aliphatic rings. The average molecular weight is 269 g/mol. The van der Waals surface area contributed by atoms with Gasteiger partial charge in [-0.05, 0) is 32.5 Å². The molecule has 1 N–H and O–H groups in total. The minimum atomic E-state index is 0.680. The lowest BCUT2D eigenvalue weighted by Gasteiger charge is -2.38. The number of hydrogen-bond acceptors (Lipinski definition) is 4. The second-order valence-corrected chi connectivity index (χ2v) is 5.24. The van der Waals surface area contributed by atoms with E-state index in [1.807, 2.05) is 0 Å². The van der Waals surface area contributed by atoms with Crippen molar-refractivity contribution in [1.82, 2.24) is 19.7 Å². The van der Waals surface area contributed by atoms with Crippen LogP contribution >= 0.6 is 12.2 Å². The van der Waals surface area contributed by atoms with Gasteiger partial charge in [-0.2, -0.15) is 0 Å². The van der Waals surface area contributed by atoms with Gasteiger partial charge in [-0.1, -0.05) is 6.92 Å². The molecule has 1 aliphatic heterocycles. The SMILES string of the molecule is CCC(C)N1CCN(c2n[nH]c(=S)n2CC)CC1. The molecule has 1 unspecified atom stereocenters. The molecule has 0 spiro atoms. The molecular formula is C12H23N5S. The number of aromatic nitrogens is 3. The topological polar surface area (TPSA) is 40.1 Å². The first kappa shape index (κ1) is 13.5. The molecule has 102 valence electrons. The molecule has 6 heteroatoms. The van der Waals surface area contributed by atoms with E-state index in [0.717, 1.165) is 43.4 Å². The molecular weight excluding hydrogens is 246 g/mol. The average Bonchev–Trinajstić information content (AvgIpc) is 2.79. The highest BCUT2D eigenvalue weighted by Crippen LogP contribution is 2.16. The van der Waals surface area contributed by atoms with Crippen LogP contribution in [0.5, 0.6) is 0 Å². The van der Waals surface area contributed by atoms with E-state index in [1.54, 1.807) is 0 Å². The van der Waals surface area contributed by atoms with Crippen molar-refractivity contribution >= 4 is 18.2 Å². The lowest BCUT2D eigenvalue weighted by molar-refractivity contribution is 0.191. The third-order valence-electron chi connectivity index (χ3n) is 3.87. The van der Waals surface area contributed by atoms with Gasteiger partial charge in [0.2, 0.25) is 5.95 Å². The maximum atomic E-state index is 5.23. The van der Waals surface area contributed by atoms with Crippen molar-refractivity contribution in [3.63, 3.8) is 0 Å². The third-order valence-corrected chi connectivity index (χ3v) is 4.18. The number of anilines is 1. The van der Waals surface area contributed by atoms with Crippen molar-refractivity contribution in [1.29, 1.82) is 0 Å². The van der Waals surface area contributed by atoms with E-state index >= 15 is 0 Å². The highest BCUT2D eigenvalue weighted by Gasteiger charge is 2.22. The van der Waals surface area contributed by atoms with Gasteiger partial charge in [-0.15, -0.1) is 5.10 Å². The van der Waals surface area contributed by atoms with Crippen molar-refractivity contribution in [3.8, 4) is 0 Å². The van der Waals surface area contributed by atoms with Gasteiger partial charge in [0.15, 0.2) is 4.77 Å². The summed E-state index contributed by atoms with van der Waals surface area (Å²) in [6.07, 6.45) is 1.22. The summed E-state index contributed by atoms with van der Waals surface area (Å²) >= 11 is 5.23. The molecule has 0 bridgehead atoms. The highest BCUT2D eigenvalue weighted by atomic mass is 32.1. The predicted octanol–water partition coefficient (Wildman–Crippen LogP) is 1.88. The molecule has 2 rings (SSSR count). The Morgan fingerprint density at radius 2 is 1.94 bits per heavy atom. The molecule has 0 saturated carbocycles. The Kier molecular flexibility index (Phi) is 4.40. The van der Waals surface area contributed by atoms with E-state index in [1.165, 1.54) is 6.42 Å². The van der Waals surface area contributed by atoms with Crippen LogP contribution < -0.4 is 4.90 Å². The maximum absolute atomic E-state index is 5.23. The van der Waals surface area contributed by atoms with E-state index in [4.69, 9.17) is 12.2 Å². The monoisotopic (exact) mass is 269 g/mol. The van der Waals surface area contributed by atoms with Gasteiger partial charge in [0.25, 0.3) is 0 Å². The van der Waals surface area contributed by atoms with Gasteiger partial charge in [0, 0.05) is 38.8 Å². The minimum Gasteiger partial charge on any atom is -0.338 e.